The van der Waals surface area contributed by atoms with Crippen LogP contribution in [-0.4, -0.2) is 14.2 Å². The highest BCUT2D eigenvalue weighted by Gasteiger charge is 2.17. The topological polar surface area (TPSA) is 12.5 Å². The second-order valence-corrected chi connectivity index (χ2v) is 3.28. The summed E-state index contributed by atoms with van der Waals surface area (Å²) in [4.78, 5) is 2.05. The Balaban J connectivity index is 2.60. The molecule has 0 aliphatic carbocycles. The number of para-hydroxylation sites is 1. The van der Waals surface area contributed by atoms with Crippen molar-refractivity contribution in [3.05, 3.63) is 48.2 Å². The highest BCUT2D eigenvalue weighted by Crippen LogP contribution is 2.33. The zero-order chi connectivity index (χ0) is 10.1. The molecule has 72 valence electrons. The number of rotatable bonds is 1. The number of methoxy groups -OCH3 is 1. The SMILES string of the molecule is C=C1C=C(OC)c2ccccc2N1C. The second-order valence-electron chi connectivity index (χ2n) is 3.28. The van der Waals surface area contributed by atoms with Crippen molar-refractivity contribution in [2.45, 2.75) is 0 Å². The largest absolute Gasteiger partial charge is 0.496 e. The Kier molecular flexibility index (Phi) is 2.04. The number of allylic oxidation sites excluding steroid dienone is 1. The maximum atomic E-state index is 5.31. The number of likely N-dealkylation sites (N-methyl/N-ethyl adjacent to an activating group) is 1. The van der Waals surface area contributed by atoms with Crippen LogP contribution < -0.4 is 4.90 Å². The van der Waals surface area contributed by atoms with Crippen molar-refractivity contribution >= 4 is 11.4 Å². The summed E-state index contributed by atoms with van der Waals surface area (Å²) in [5.74, 6) is 0.878. The van der Waals surface area contributed by atoms with Gasteiger partial charge in [0.1, 0.15) is 5.76 Å². The van der Waals surface area contributed by atoms with Crippen LogP contribution >= 0.6 is 0 Å². The van der Waals surface area contributed by atoms with Crippen molar-refractivity contribution < 1.29 is 4.74 Å². The Morgan fingerprint density at radius 3 is 2.71 bits per heavy atom. The van der Waals surface area contributed by atoms with E-state index in [0.717, 1.165) is 22.7 Å². The van der Waals surface area contributed by atoms with E-state index in [0.29, 0.717) is 0 Å². The van der Waals surface area contributed by atoms with Crippen LogP contribution in [0, 0.1) is 0 Å². The van der Waals surface area contributed by atoms with Gasteiger partial charge in [-0.15, -0.1) is 0 Å². The van der Waals surface area contributed by atoms with Gasteiger partial charge in [-0.05, 0) is 12.1 Å². The fourth-order valence-electron chi connectivity index (χ4n) is 1.62. The number of hydrogen-bond donors (Lipinski definition) is 0. The number of hydrogen-bond acceptors (Lipinski definition) is 2. The molecule has 0 atom stereocenters. The minimum absolute atomic E-state index is 0.878. The minimum Gasteiger partial charge on any atom is -0.496 e. The highest BCUT2D eigenvalue weighted by molar-refractivity contribution is 5.80. The Hall–Kier alpha value is -1.70. The molecule has 1 aromatic carbocycles. The molecule has 2 nitrogen and oxygen atoms in total. The van der Waals surface area contributed by atoms with Gasteiger partial charge in [0.05, 0.1) is 12.8 Å². The van der Waals surface area contributed by atoms with E-state index in [1.165, 1.54) is 0 Å². The summed E-state index contributed by atoms with van der Waals surface area (Å²) in [6.45, 7) is 3.96. The first-order valence-corrected chi connectivity index (χ1v) is 4.52. The first-order valence-electron chi connectivity index (χ1n) is 4.52. The Labute approximate surface area is 84.1 Å². The second kappa shape index (κ2) is 3.22. The number of nitrogens with zero attached hydrogens (tertiary/aromatic N) is 1. The molecule has 1 aliphatic rings. The molecule has 0 saturated carbocycles. The van der Waals surface area contributed by atoms with Gasteiger partial charge in [0.25, 0.3) is 0 Å². The van der Waals surface area contributed by atoms with Crippen LogP contribution in [-0.2, 0) is 4.74 Å². The summed E-state index contributed by atoms with van der Waals surface area (Å²) in [5.41, 5.74) is 3.20. The third-order valence-corrected chi connectivity index (χ3v) is 2.48. The average molecular weight is 187 g/mol. The maximum absolute atomic E-state index is 5.31. The normalized spacial score (nSPS) is 14.9. The smallest absolute Gasteiger partial charge is 0.130 e. The molecule has 1 heterocycles. The standard InChI is InChI=1S/C12H13NO/c1-9-8-12(14-3)10-6-4-5-7-11(10)13(9)2/h4-8H,1H2,2-3H3. The Morgan fingerprint density at radius 2 is 2.00 bits per heavy atom. The van der Waals surface area contributed by atoms with Crippen LogP contribution in [0.25, 0.3) is 5.76 Å². The van der Waals surface area contributed by atoms with E-state index in [2.05, 4.69) is 17.5 Å². The van der Waals surface area contributed by atoms with Crippen LogP contribution in [0.15, 0.2) is 42.6 Å². The highest BCUT2D eigenvalue weighted by atomic mass is 16.5. The first kappa shape index (κ1) is 8.88. The Morgan fingerprint density at radius 1 is 1.29 bits per heavy atom. The van der Waals surface area contributed by atoms with E-state index in [4.69, 9.17) is 4.74 Å². The van der Waals surface area contributed by atoms with Gasteiger partial charge < -0.3 is 9.64 Å². The average Bonchev–Trinajstić information content (AvgIpc) is 2.23. The molecule has 0 N–H and O–H groups in total. The minimum atomic E-state index is 0.878. The monoisotopic (exact) mass is 187 g/mol. The molecule has 1 aromatic rings. The molecule has 0 bridgehead atoms. The Bertz CT molecular complexity index is 407. The van der Waals surface area contributed by atoms with Crippen molar-refractivity contribution in [2.75, 3.05) is 19.1 Å². The molecule has 0 amide bonds. The van der Waals surface area contributed by atoms with Gasteiger partial charge in [-0.3, -0.25) is 0 Å². The van der Waals surface area contributed by atoms with E-state index in [9.17, 15) is 0 Å². The van der Waals surface area contributed by atoms with Gasteiger partial charge in [-0.2, -0.15) is 0 Å². The van der Waals surface area contributed by atoms with Crippen molar-refractivity contribution in [3.8, 4) is 0 Å². The zero-order valence-electron chi connectivity index (χ0n) is 8.45. The summed E-state index contributed by atoms with van der Waals surface area (Å²) in [5, 5.41) is 0. The van der Waals surface area contributed by atoms with Crippen molar-refractivity contribution in [2.24, 2.45) is 0 Å². The fraction of sp³-hybridized carbons (Fsp3) is 0.167. The maximum Gasteiger partial charge on any atom is 0.130 e. The lowest BCUT2D eigenvalue weighted by Gasteiger charge is -2.28. The van der Waals surface area contributed by atoms with Crippen LogP contribution in [0.2, 0.25) is 0 Å². The number of fused-ring (bicyclic) bond motifs is 1. The molecule has 2 heteroatoms. The first-order chi connectivity index (χ1) is 6.74. The molecule has 1 aliphatic heterocycles. The summed E-state index contributed by atoms with van der Waals surface area (Å²) < 4.78 is 5.31. The van der Waals surface area contributed by atoms with E-state index in [1.807, 2.05) is 31.3 Å². The van der Waals surface area contributed by atoms with E-state index >= 15 is 0 Å². The van der Waals surface area contributed by atoms with Gasteiger partial charge >= 0.3 is 0 Å². The lowest BCUT2D eigenvalue weighted by atomic mass is 10.1. The molecule has 0 unspecified atom stereocenters. The molecule has 2 rings (SSSR count). The number of anilines is 1. The van der Waals surface area contributed by atoms with Crippen molar-refractivity contribution in [1.82, 2.24) is 0 Å². The van der Waals surface area contributed by atoms with Crippen LogP contribution in [0.4, 0.5) is 5.69 Å². The fourth-order valence-corrected chi connectivity index (χ4v) is 1.62. The van der Waals surface area contributed by atoms with Gasteiger partial charge in [0, 0.05) is 24.4 Å². The van der Waals surface area contributed by atoms with Crippen LogP contribution in [0.3, 0.4) is 0 Å². The lowest BCUT2D eigenvalue weighted by Crippen LogP contribution is -2.19. The van der Waals surface area contributed by atoms with E-state index in [-0.39, 0.29) is 0 Å². The zero-order valence-corrected chi connectivity index (χ0v) is 8.45. The summed E-state index contributed by atoms with van der Waals surface area (Å²) in [6.07, 6.45) is 1.95. The molecule has 14 heavy (non-hydrogen) atoms. The van der Waals surface area contributed by atoms with Crippen LogP contribution in [0.5, 0.6) is 0 Å². The lowest BCUT2D eigenvalue weighted by molar-refractivity contribution is 0.369. The quantitative estimate of drug-likeness (QED) is 0.670. The van der Waals surface area contributed by atoms with Crippen molar-refractivity contribution in [1.29, 1.82) is 0 Å². The molecule has 0 fully saturated rings. The predicted octanol–water partition coefficient (Wildman–Crippen LogP) is 2.64. The predicted molar refractivity (Wildman–Crippen MR) is 59.0 cm³/mol. The summed E-state index contributed by atoms with van der Waals surface area (Å²) in [6, 6.07) is 8.13. The molecule has 0 aromatic heterocycles. The molecule has 0 saturated heterocycles. The number of benzene rings is 1. The van der Waals surface area contributed by atoms with Gasteiger partial charge in [0.15, 0.2) is 0 Å². The molecular formula is C12H13NO. The molecular weight excluding hydrogens is 174 g/mol. The number of ether oxygens (including phenoxy) is 1. The van der Waals surface area contributed by atoms with Crippen LogP contribution in [0.1, 0.15) is 5.56 Å². The van der Waals surface area contributed by atoms with Crippen molar-refractivity contribution in [3.63, 3.8) is 0 Å². The summed E-state index contributed by atoms with van der Waals surface area (Å²) in [7, 11) is 3.69. The third kappa shape index (κ3) is 1.20. The van der Waals surface area contributed by atoms with Gasteiger partial charge in [0.2, 0.25) is 0 Å². The van der Waals surface area contributed by atoms with E-state index < -0.39 is 0 Å². The summed E-state index contributed by atoms with van der Waals surface area (Å²) >= 11 is 0. The molecule has 0 spiro atoms. The van der Waals surface area contributed by atoms with E-state index in [1.54, 1.807) is 7.11 Å². The van der Waals surface area contributed by atoms with Gasteiger partial charge in [-0.25, -0.2) is 0 Å². The van der Waals surface area contributed by atoms with Gasteiger partial charge in [-0.1, -0.05) is 18.7 Å². The third-order valence-electron chi connectivity index (χ3n) is 2.48. The molecule has 0 radical (unpaired) electrons.